The van der Waals surface area contributed by atoms with Crippen molar-refractivity contribution in [1.29, 1.82) is 0 Å². The second kappa shape index (κ2) is 6.48. The topological polar surface area (TPSA) is 48.9 Å². The van der Waals surface area contributed by atoms with Crippen molar-refractivity contribution in [1.82, 2.24) is 13.7 Å². The van der Waals surface area contributed by atoms with Crippen LogP contribution < -0.4 is 11.2 Å². The van der Waals surface area contributed by atoms with E-state index < -0.39 is 0 Å². The molecule has 2 aromatic carbocycles. The lowest BCUT2D eigenvalue weighted by atomic mass is 10.00. The van der Waals surface area contributed by atoms with E-state index in [2.05, 4.69) is 47.9 Å². The van der Waals surface area contributed by atoms with Crippen molar-refractivity contribution < 1.29 is 0 Å². The molecule has 5 heteroatoms. The third-order valence-electron chi connectivity index (χ3n) is 6.54. The first-order valence-electron chi connectivity index (χ1n) is 10.3. The molecular formula is C24H25N3O2. The molecule has 0 saturated heterocycles. The summed E-state index contributed by atoms with van der Waals surface area (Å²) in [6, 6.07) is 13.1. The minimum absolute atomic E-state index is 0.0390. The molecule has 2 heterocycles. The maximum absolute atomic E-state index is 12.7. The highest BCUT2D eigenvalue weighted by Crippen LogP contribution is 2.39. The van der Waals surface area contributed by atoms with Crippen molar-refractivity contribution in [3.05, 3.63) is 80.8 Å². The molecule has 5 rings (SSSR count). The highest BCUT2D eigenvalue weighted by molar-refractivity contribution is 5.91. The lowest BCUT2D eigenvalue weighted by Gasteiger charge is -2.15. The van der Waals surface area contributed by atoms with E-state index in [1.165, 1.54) is 26.5 Å². The Labute approximate surface area is 168 Å². The normalized spacial score (nSPS) is 16.7. The molecule has 0 N–H and O–H groups in total. The van der Waals surface area contributed by atoms with Gasteiger partial charge in [-0.3, -0.25) is 13.9 Å². The lowest BCUT2D eigenvalue weighted by molar-refractivity contribution is 0.502. The Balaban J connectivity index is 1.61. The average molecular weight is 387 g/mol. The molecule has 1 aliphatic rings. The summed E-state index contributed by atoms with van der Waals surface area (Å²) >= 11 is 0. The molecular weight excluding hydrogens is 362 g/mol. The Morgan fingerprint density at radius 1 is 1.10 bits per heavy atom. The largest absolute Gasteiger partial charge is 0.351 e. The molecule has 2 aromatic heterocycles. The number of aromatic nitrogens is 3. The summed E-state index contributed by atoms with van der Waals surface area (Å²) < 4.78 is 5.09. The first-order valence-corrected chi connectivity index (χ1v) is 10.3. The van der Waals surface area contributed by atoms with Gasteiger partial charge in [0.2, 0.25) is 0 Å². The van der Waals surface area contributed by atoms with Crippen LogP contribution in [0.5, 0.6) is 0 Å². The number of hydrogen-bond donors (Lipinski definition) is 0. The number of rotatable bonds is 4. The van der Waals surface area contributed by atoms with Gasteiger partial charge in [-0.15, -0.1) is 0 Å². The van der Waals surface area contributed by atoms with E-state index in [1.807, 2.05) is 19.3 Å². The molecule has 5 nitrogen and oxygen atoms in total. The van der Waals surface area contributed by atoms with E-state index in [-0.39, 0.29) is 17.3 Å². The monoisotopic (exact) mass is 387 g/mol. The zero-order valence-corrected chi connectivity index (χ0v) is 17.1. The van der Waals surface area contributed by atoms with Crippen molar-refractivity contribution >= 4 is 21.7 Å². The van der Waals surface area contributed by atoms with E-state index in [4.69, 9.17) is 0 Å². The highest BCUT2D eigenvalue weighted by Gasteiger charge is 2.25. The maximum atomic E-state index is 12.7. The van der Waals surface area contributed by atoms with Gasteiger partial charge >= 0.3 is 5.69 Å². The summed E-state index contributed by atoms with van der Waals surface area (Å²) in [5.41, 5.74) is 3.05. The Bertz CT molecular complexity index is 1370. The summed E-state index contributed by atoms with van der Waals surface area (Å²) in [4.78, 5) is 25.5. The van der Waals surface area contributed by atoms with Crippen LogP contribution in [0.3, 0.4) is 0 Å². The van der Waals surface area contributed by atoms with Gasteiger partial charge in [-0.05, 0) is 41.7 Å². The van der Waals surface area contributed by atoms with Gasteiger partial charge in [0.15, 0.2) is 0 Å². The van der Waals surface area contributed by atoms with E-state index in [9.17, 15) is 9.59 Å². The Morgan fingerprint density at radius 2 is 1.86 bits per heavy atom. The van der Waals surface area contributed by atoms with Crippen LogP contribution in [0.4, 0.5) is 0 Å². The Hall–Kier alpha value is -3.08. The molecule has 2 atom stereocenters. The maximum Gasteiger partial charge on any atom is 0.331 e. The number of nitrogens with zero attached hydrogens (tertiary/aromatic N) is 3. The van der Waals surface area contributed by atoms with E-state index in [1.54, 1.807) is 11.6 Å². The van der Waals surface area contributed by atoms with Crippen LogP contribution in [0.15, 0.2) is 58.4 Å². The summed E-state index contributed by atoms with van der Waals surface area (Å²) in [5.74, 6) is 0.366. The van der Waals surface area contributed by atoms with Gasteiger partial charge in [0.1, 0.15) is 0 Å². The van der Waals surface area contributed by atoms with Crippen LogP contribution in [0.25, 0.3) is 21.7 Å². The molecule has 0 fully saturated rings. The van der Waals surface area contributed by atoms with Gasteiger partial charge in [-0.2, -0.15) is 0 Å². The van der Waals surface area contributed by atoms with Crippen LogP contribution >= 0.6 is 0 Å². The van der Waals surface area contributed by atoms with Crippen LogP contribution in [-0.4, -0.2) is 13.7 Å². The predicted molar refractivity (Wildman–Crippen MR) is 117 cm³/mol. The molecule has 1 aliphatic carbocycles. The molecule has 0 aliphatic heterocycles. The van der Waals surface area contributed by atoms with Crippen molar-refractivity contribution in [2.24, 2.45) is 7.05 Å². The lowest BCUT2D eigenvalue weighted by Crippen LogP contribution is -2.38. The third kappa shape index (κ3) is 2.60. The van der Waals surface area contributed by atoms with Crippen molar-refractivity contribution in [2.45, 2.75) is 45.2 Å². The third-order valence-corrected chi connectivity index (χ3v) is 6.54. The van der Waals surface area contributed by atoms with Gasteiger partial charge in [0, 0.05) is 37.9 Å². The molecule has 0 radical (unpaired) electrons. The quantitative estimate of drug-likeness (QED) is 0.532. The zero-order valence-electron chi connectivity index (χ0n) is 17.1. The van der Waals surface area contributed by atoms with Crippen LogP contribution in [0.1, 0.15) is 43.4 Å². The fourth-order valence-electron chi connectivity index (χ4n) is 4.85. The molecule has 0 bridgehead atoms. The minimum atomic E-state index is -0.243. The van der Waals surface area contributed by atoms with E-state index in [0.29, 0.717) is 11.3 Å². The standard InChI is InChI=1S/C24H25N3O2/c1-4-15(2)27-21-14-26(13-20(21)23(28)25(3)24(27)29)12-18-11-17-9-5-7-16-8-6-10-19(18)22(16)17/h5-10,13-15,18H,4,11-12H2,1-3H3/t15-,18+/m1/s1. The molecule has 4 aromatic rings. The summed E-state index contributed by atoms with van der Waals surface area (Å²) in [5, 5.41) is 3.28. The molecule has 0 unspecified atom stereocenters. The predicted octanol–water partition coefficient (Wildman–Crippen LogP) is 3.97. The van der Waals surface area contributed by atoms with E-state index in [0.717, 1.165) is 24.9 Å². The molecule has 0 amide bonds. The Morgan fingerprint density at radius 3 is 2.62 bits per heavy atom. The van der Waals surface area contributed by atoms with Gasteiger partial charge in [-0.1, -0.05) is 43.3 Å². The van der Waals surface area contributed by atoms with Gasteiger partial charge in [-0.25, -0.2) is 4.79 Å². The van der Waals surface area contributed by atoms with Crippen LogP contribution in [-0.2, 0) is 20.0 Å². The smallest absolute Gasteiger partial charge is 0.331 e. The van der Waals surface area contributed by atoms with E-state index >= 15 is 0 Å². The summed E-state index contributed by atoms with van der Waals surface area (Å²) in [6.45, 7) is 4.87. The first kappa shape index (κ1) is 18.0. The first-order chi connectivity index (χ1) is 14.0. The van der Waals surface area contributed by atoms with Crippen LogP contribution in [0, 0.1) is 0 Å². The minimum Gasteiger partial charge on any atom is -0.351 e. The van der Waals surface area contributed by atoms with Gasteiger partial charge in [0.25, 0.3) is 5.56 Å². The van der Waals surface area contributed by atoms with Gasteiger partial charge < -0.3 is 4.57 Å². The number of benzene rings is 2. The molecule has 29 heavy (non-hydrogen) atoms. The number of hydrogen-bond acceptors (Lipinski definition) is 2. The molecule has 0 saturated carbocycles. The second-order valence-corrected chi connectivity index (χ2v) is 8.29. The van der Waals surface area contributed by atoms with Crippen molar-refractivity contribution in [3.63, 3.8) is 0 Å². The SMILES string of the molecule is CC[C@@H](C)n1c(=O)n(C)c(=O)c2cn(C[C@@H]3Cc4cccc5cccc3c45)cc21. The average Bonchev–Trinajstić information content (AvgIpc) is 3.30. The Kier molecular flexibility index (Phi) is 4.02. The fraction of sp³-hybridized carbons (Fsp3) is 0.333. The fourth-order valence-corrected chi connectivity index (χ4v) is 4.85. The summed E-state index contributed by atoms with van der Waals surface area (Å²) in [7, 11) is 1.56. The van der Waals surface area contributed by atoms with Crippen molar-refractivity contribution in [2.75, 3.05) is 0 Å². The molecule has 0 spiro atoms. The van der Waals surface area contributed by atoms with Crippen molar-refractivity contribution in [3.8, 4) is 0 Å². The zero-order chi connectivity index (χ0) is 20.3. The second-order valence-electron chi connectivity index (χ2n) is 8.29. The molecule has 148 valence electrons. The van der Waals surface area contributed by atoms with Gasteiger partial charge in [0.05, 0.1) is 10.9 Å². The van der Waals surface area contributed by atoms with Crippen LogP contribution in [0.2, 0.25) is 0 Å². The highest BCUT2D eigenvalue weighted by atomic mass is 16.2. The number of fused-ring (bicyclic) bond motifs is 1. The summed E-state index contributed by atoms with van der Waals surface area (Å²) in [6.07, 6.45) is 5.73.